The second-order valence-electron chi connectivity index (χ2n) is 6.95. The highest BCUT2D eigenvalue weighted by atomic mass is 16.6. The first kappa shape index (κ1) is 26.4. The van der Waals surface area contributed by atoms with Crippen LogP contribution in [0.3, 0.4) is 0 Å². The summed E-state index contributed by atoms with van der Waals surface area (Å²) in [6.07, 6.45) is 6.61. The Kier molecular flexibility index (Phi) is 11.7. The zero-order chi connectivity index (χ0) is 22.6. The van der Waals surface area contributed by atoms with Crippen molar-refractivity contribution in [3.05, 3.63) is 55.0 Å². The van der Waals surface area contributed by atoms with Crippen LogP contribution in [-0.4, -0.2) is 39.1 Å². The van der Waals surface area contributed by atoms with E-state index in [1.54, 1.807) is 4.90 Å². The number of rotatable bonds is 1. The van der Waals surface area contributed by atoms with E-state index < -0.39 is 5.60 Å². The third-order valence-corrected chi connectivity index (χ3v) is 3.93. The molecule has 3 heterocycles. The third-order valence-electron chi connectivity index (χ3n) is 3.93. The van der Waals surface area contributed by atoms with Gasteiger partial charge >= 0.3 is 6.09 Å². The van der Waals surface area contributed by atoms with Crippen LogP contribution < -0.4 is 0 Å². The summed E-state index contributed by atoms with van der Waals surface area (Å²) in [6.45, 7) is 23.0. The van der Waals surface area contributed by atoms with Gasteiger partial charge in [-0.2, -0.15) is 0 Å². The fraction of sp³-hybridized carbons (Fsp3) is 0.500. The van der Waals surface area contributed by atoms with E-state index in [4.69, 9.17) is 4.74 Å². The Bertz CT molecular complexity index is 785. The summed E-state index contributed by atoms with van der Waals surface area (Å²) < 4.78 is 7.49. The lowest BCUT2D eigenvalue weighted by Crippen LogP contribution is -2.39. The van der Waals surface area contributed by atoms with E-state index in [0.29, 0.717) is 13.1 Å². The second-order valence-corrected chi connectivity index (χ2v) is 6.95. The first-order valence-corrected chi connectivity index (χ1v) is 10.4. The van der Waals surface area contributed by atoms with Gasteiger partial charge in [-0.15, -0.1) is 13.2 Å². The molecule has 0 spiro atoms. The molecule has 3 rings (SSSR count). The Hall–Kier alpha value is -2.56. The zero-order valence-electron chi connectivity index (χ0n) is 19.6. The number of imidazole rings is 1. The second kappa shape index (κ2) is 12.8. The first-order valence-electron chi connectivity index (χ1n) is 10.4. The molecule has 0 N–H and O–H groups in total. The summed E-state index contributed by atoms with van der Waals surface area (Å²) in [7, 11) is 0. The van der Waals surface area contributed by atoms with Crippen molar-refractivity contribution in [3.63, 3.8) is 0 Å². The van der Waals surface area contributed by atoms with Crippen molar-refractivity contribution in [3.8, 4) is 0 Å². The molecule has 2 aromatic rings. The molecule has 5 nitrogen and oxygen atoms in total. The van der Waals surface area contributed by atoms with Crippen LogP contribution in [0.1, 0.15) is 66.1 Å². The molecular weight excluding hydrogens is 362 g/mol. The minimum absolute atomic E-state index is 0.243. The molecule has 5 heteroatoms. The van der Waals surface area contributed by atoms with E-state index in [-0.39, 0.29) is 6.09 Å². The maximum absolute atomic E-state index is 12.1. The molecule has 0 aromatic carbocycles. The van der Waals surface area contributed by atoms with Crippen molar-refractivity contribution in [1.82, 2.24) is 14.3 Å². The van der Waals surface area contributed by atoms with E-state index >= 15 is 0 Å². The van der Waals surface area contributed by atoms with Crippen molar-refractivity contribution in [1.29, 1.82) is 0 Å². The zero-order valence-corrected chi connectivity index (χ0v) is 19.6. The Balaban J connectivity index is 0.00000120. The minimum Gasteiger partial charge on any atom is -0.444 e. The Morgan fingerprint density at radius 1 is 1.17 bits per heavy atom. The number of amides is 1. The molecule has 29 heavy (non-hydrogen) atoms. The molecule has 0 unspecified atom stereocenters. The lowest BCUT2D eigenvalue weighted by atomic mass is 10.0. The van der Waals surface area contributed by atoms with Gasteiger partial charge in [-0.05, 0) is 57.4 Å². The van der Waals surface area contributed by atoms with Gasteiger partial charge in [0.2, 0.25) is 0 Å². The molecule has 1 amide bonds. The van der Waals surface area contributed by atoms with Gasteiger partial charge in [0.15, 0.2) is 0 Å². The summed E-state index contributed by atoms with van der Waals surface area (Å²) in [5, 5.41) is 0. The Morgan fingerprint density at radius 2 is 1.79 bits per heavy atom. The van der Waals surface area contributed by atoms with Crippen LogP contribution in [0.2, 0.25) is 0 Å². The quantitative estimate of drug-likeness (QED) is 0.511. The van der Waals surface area contributed by atoms with Crippen LogP contribution >= 0.6 is 0 Å². The standard InChI is InChI=1S/C18H23N3O2.2C2H6.C2H4/c1-13-12-19-16-11-15(7-10-21(13)16)14-5-8-20(9-6-14)17(22)23-18(2,3)4;3*1-2/h5,7,10-12H,6,8-9H2,1-4H3;2*1-2H3;1-2H2. The van der Waals surface area contributed by atoms with Crippen LogP contribution in [0, 0.1) is 6.92 Å². The van der Waals surface area contributed by atoms with Gasteiger partial charge in [-0.25, -0.2) is 9.78 Å². The van der Waals surface area contributed by atoms with Crippen LogP contribution in [0.25, 0.3) is 11.2 Å². The number of carbonyl (C=O) groups excluding carboxylic acids is 1. The van der Waals surface area contributed by atoms with Crippen molar-refractivity contribution in [2.24, 2.45) is 0 Å². The van der Waals surface area contributed by atoms with Crippen LogP contribution in [0.4, 0.5) is 4.79 Å². The van der Waals surface area contributed by atoms with Crippen molar-refractivity contribution < 1.29 is 9.53 Å². The third kappa shape index (κ3) is 7.76. The Morgan fingerprint density at radius 3 is 2.31 bits per heavy atom. The number of aryl methyl sites for hydroxylation is 1. The maximum Gasteiger partial charge on any atom is 0.410 e. The number of fused-ring (bicyclic) bond motifs is 1. The maximum atomic E-state index is 12.1. The summed E-state index contributed by atoms with van der Waals surface area (Å²) in [5.74, 6) is 0. The van der Waals surface area contributed by atoms with Crippen LogP contribution in [0.15, 0.2) is 43.8 Å². The van der Waals surface area contributed by atoms with E-state index in [1.165, 1.54) is 11.1 Å². The number of nitrogens with zero attached hydrogens (tertiary/aromatic N) is 3. The van der Waals surface area contributed by atoms with E-state index in [1.807, 2.05) is 67.8 Å². The predicted molar refractivity (Wildman–Crippen MR) is 124 cm³/mol. The van der Waals surface area contributed by atoms with Crippen molar-refractivity contribution >= 4 is 17.3 Å². The van der Waals surface area contributed by atoms with Gasteiger partial charge in [-0.3, -0.25) is 0 Å². The lowest BCUT2D eigenvalue weighted by molar-refractivity contribution is 0.0270. The largest absolute Gasteiger partial charge is 0.444 e. The monoisotopic (exact) mass is 401 g/mol. The van der Waals surface area contributed by atoms with E-state index in [2.05, 4.69) is 40.8 Å². The van der Waals surface area contributed by atoms with E-state index in [9.17, 15) is 4.79 Å². The molecule has 1 aliphatic rings. The number of hydrogen-bond donors (Lipinski definition) is 0. The highest BCUT2D eigenvalue weighted by Gasteiger charge is 2.23. The molecule has 0 atom stereocenters. The summed E-state index contributed by atoms with van der Waals surface area (Å²) in [6, 6.07) is 4.21. The molecule has 0 bridgehead atoms. The van der Waals surface area contributed by atoms with Gasteiger partial charge in [0, 0.05) is 31.2 Å². The van der Waals surface area contributed by atoms with Gasteiger partial charge in [0.05, 0.1) is 0 Å². The van der Waals surface area contributed by atoms with Gasteiger partial charge < -0.3 is 14.0 Å². The molecule has 0 aliphatic carbocycles. The molecule has 2 aromatic heterocycles. The fourth-order valence-electron chi connectivity index (χ4n) is 2.73. The molecule has 1 aliphatic heterocycles. The van der Waals surface area contributed by atoms with Crippen LogP contribution in [-0.2, 0) is 4.74 Å². The average molecular weight is 402 g/mol. The summed E-state index contributed by atoms with van der Waals surface area (Å²) >= 11 is 0. The summed E-state index contributed by atoms with van der Waals surface area (Å²) in [5.41, 5.74) is 4.06. The average Bonchev–Trinajstić information content (AvgIpc) is 3.11. The topological polar surface area (TPSA) is 46.8 Å². The summed E-state index contributed by atoms with van der Waals surface area (Å²) in [4.78, 5) is 18.2. The number of hydrogen-bond acceptors (Lipinski definition) is 3. The van der Waals surface area contributed by atoms with Gasteiger partial charge in [0.25, 0.3) is 0 Å². The fourth-order valence-corrected chi connectivity index (χ4v) is 2.73. The number of aromatic nitrogens is 2. The number of carbonyl (C=O) groups is 1. The highest BCUT2D eigenvalue weighted by molar-refractivity contribution is 5.73. The number of ether oxygens (including phenoxy) is 1. The Labute approximate surface area is 177 Å². The minimum atomic E-state index is -0.454. The molecule has 0 fully saturated rings. The highest BCUT2D eigenvalue weighted by Crippen LogP contribution is 2.24. The smallest absolute Gasteiger partial charge is 0.410 e. The molecular formula is C24H39N3O2. The molecule has 0 radical (unpaired) electrons. The van der Waals surface area contributed by atoms with Crippen molar-refractivity contribution in [2.45, 2.75) is 67.4 Å². The molecule has 0 saturated heterocycles. The molecule has 162 valence electrons. The lowest BCUT2D eigenvalue weighted by Gasteiger charge is -2.29. The van der Waals surface area contributed by atoms with Gasteiger partial charge in [0.1, 0.15) is 11.2 Å². The predicted octanol–water partition coefficient (Wildman–Crippen LogP) is 6.52. The number of pyridine rings is 1. The normalized spacial score (nSPS) is 13.0. The first-order chi connectivity index (χ1) is 13.8. The van der Waals surface area contributed by atoms with Gasteiger partial charge in [-0.1, -0.05) is 33.8 Å². The van der Waals surface area contributed by atoms with Crippen molar-refractivity contribution in [2.75, 3.05) is 13.1 Å². The van der Waals surface area contributed by atoms with E-state index in [0.717, 1.165) is 17.8 Å². The van der Waals surface area contributed by atoms with Crippen LogP contribution in [0.5, 0.6) is 0 Å². The SMILES string of the molecule is C=C.CC.CC.Cc1cnc2cc(C3=CCN(C(=O)OC(C)(C)C)CC3)ccn12. The molecule has 0 saturated carbocycles.